The van der Waals surface area contributed by atoms with Crippen LogP contribution in [0.25, 0.3) is 0 Å². The first-order chi connectivity index (χ1) is 13.5. The predicted molar refractivity (Wildman–Crippen MR) is 108 cm³/mol. The number of aromatic nitrogens is 1. The van der Waals surface area contributed by atoms with Crippen LogP contribution >= 0.6 is 11.3 Å². The fraction of sp³-hybridized carbons (Fsp3) is 0.190. The van der Waals surface area contributed by atoms with Crippen molar-refractivity contribution >= 4 is 34.0 Å². The molecule has 4 rings (SSSR count). The number of nitrogens with zero attached hydrogens (tertiary/aromatic N) is 1. The second-order valence-electron chi connectivity index (χ2n) is 6.66. The van der Waals surface area contributed by atoms with Crippen LogP contribution < -0.4 is 10.6 Å². The van der Waals surface area contributed by atoms with Crippen molar-refractivity contribution in [1.82, 2.24) is 4.98 Å². The molecule has 1 aliphatic rings. The average Bonchev–Trinajstić information content (AvgIpc) is 3.27. The number of hydrogen-bond donors (Lipinski definition) is 2. The van der Waals surface area contributed by atoms with Gasteiger partial charge in [-0.1, -0.05) is 29.5 Å². The van der Waals surface area contributed by atoms with Crippen LogP contribution in [0.3, 0.4) is 0 Å². The minimum atomic E-state index is -0.608. The lowest BCUT2D eigenvalue weighted by molar-refractivity contribution is 0.101. The van der Waals surface area contributed by atoms with Crippen LogP contribution in [0.5, 0.6) is 0 Å². The second-order valence-corrected chi connectivity index (χ2v) is 7.66. The summed E-state index contributed by atoms with van der Waals surface area (Å²) in [5.41, 5.74) is 3.80. The molecule has 0 unspecified atom stereocenters. The minimum Gasteiger partial charge on any atom is -0.321 e. The third-order valence-electron chi connectivity index (χ3n) is 4.70. The van der Waals surface area contributed by atoms with Crippen molar-refractivity contribution in [3.05, 3.63) is 75.5 Å². The molecule has 0 saturated heterocycles. The summed E-state index contributed by atoms with van der Waals surface area (Å²) in [6.07, 6.45) is 3.26. The summed E-state index contributed by atoms with van der Waals surface area (Å²) in [5, 5.41) is 5.71. The Morgan fingerprint density at radius 2 is 1.82 bits per heavy atom. The lowest BCUT2D eigenvalue weighted by atomic mass is 10.1. The van der Waals surface area contributed by atoms with Gasteiger partial charge < -0.3 is 5.32 Å². The number of thiazole rings is 1. The van der Waals surface area contributed by atoms with E-state index < -0.39 is 11.7 Å². The maximum absolute atomic E-state index is 13.8. The number of benzene rings is 2. The standard InChI is InChI=1S/C21H18FN3O2S/c1-12-18(20(27)24-15-10-9-13-5-4-6-14(13)11-15)28-21(23-12)25-19(26)16-7-2-3-8-17(16)22/h2-3,7-11H,4-6H2,1H3,(H,24,27)(H,23,25,26). The molecule has 1 heterocycles. The molecule has 0 spiro atoms. The fourth-order valence-electron chi connectivity index (χ4n) is 3.31. The first-order valence-electron chi connectivity index (χ1n) is 8.98. The first kappa shape index (κ1) is 18.3. The van der Waals surface area contributed by atoms with E-state index in [1.165, 1.54) is 29.3 Å². The third-order valence-corrected chi connectivity index (χ3v) is 5.77. The van der Waals surface area contributed by atoms with Gasteiger partial charge in [0.25, 0.3) is 11.8 Å². The highest BCUT2D eigenvalue weighted by molar-refractivity contribution is 7.17. The molecule has 2 N–H and O–H groups in total. The zero-order valence-corrected chi connectivity index (χ0v) is 16.0. The summed E-state index contributed by atoms with van der Waals surface area (Å²) in [6, 6.07) is 11.7. The second kappa shape index (κ2) is 7.52. The van der Waals surface area contributed by atoms with Gasteiger partial charge in [0.1, 0.15) is 10.7 Å². The lowest BCUT2D eigenvalue weighted by Gasteiger charge is -2.06. The molecule has 0 fully saturated rings. The number of amides is 2. The largest absolute Gasteiger partial charge is 0.321 e. The van der Waals surface area contributed by atoms with Gasteiger partial charge in [-0.15, -0.1) is 0 Å². The van der Waals surface area contributed by atoms with Crippen LogP contribution in [-0.4, -0.2) is 16.8 Å². The Labute approximate surface area is 165 Å². The summed E-state index contributed by atoms with van der Waals surface area (Å²) in [7, 11) is 0. The number of hydrogen-bond acceptors (Lipinski definition) is 4. The zero-order chi connectivity index (χ0) is 19.7. The van der Waals surface area contributed by atoms with Crippen molar-refractivity contribution in [2.24, 2.45) is 0 Å². The monoisotopic (exact) mass is 395 g/mol. The molecule has 0 radical (unpaired) electrons. The van der Waals surface area contributed by atoms with E-state index in [1.54, 1.807) is 13.0 Å². The molecule has 0 atom stereocenters. The normalized spacial score (nSPS) is 12.5. The van der Waals surface area contributed by atoms with Crippen LogP contribution in [0.1, 0.15) is 43.3 Å². The molecule has 3 aromatic rings. The Morgan fingerprint density at radius 1 is 1.04 bits per heavy atom. The molecule has 0 bridgehead atoms. The highest BCUT2D eigenvalue weighted by Crippen LogP contribution is 2.27. The molecule has 5 nitrogen and oxygen atoms in total. The van der Waals surface area contributed by atoms with Crippen molar-refractivity contribution in [3.8, 4) is 0 Å². The van der Waals surface area contributed by atoms with E-state index in [0.29, 0.717) is 10.6 Å². The number of anilines is 2. The van der Waals surface area contributed by atoms with Gasteiger partial charge in [-0.2, -0.15) is 0 Å². The van der Waals surface area contributed by atoms with Crippen molar-refractivity contribution in [3.63, 3.8) is 0 Å². The number of aryl methyl sites for hydroxylation is 3. The molecule has 7 heteroatoms. The van der Waals surface area contributed by atoms with Gasteiger partial charge >= 0.3 is 0 Å². The van der Waals surface area contributed by atoms with Crippen LogP contribution in [0.2, 0.25) is 0 Å². The molecule has 0 aliphatic heterocycles. The molecular weight excluding hydrogens is 377 g/mol. The summed E-state index contributed by atoms with van der Waals surface area (Å²) in [4.78, 5) is 29.5. The van der Waals surface area contributed by atoms with E-state index in [1.807, 2.05) is 12.1 Å². The van der Waals surface area contributed by atoms with Crippen molar-refractivity contribution in [2.75, 3.05) is 10.6 Å². The highest BCUT2D eigenvalue weighted by atomic mass is 32.1. The van der Waals surface area contributed by atoms with Gasteiger partial charge in [-0.25, -0.2) is 9.37 Å². The van der Waals surface area contributed by atoms with Gasteiger partial charge in [-0.05, 0) is 61.6 Å². The summed E-state index contributed by atoms with van der Waals surface area (Å²) in [6.45, 7) is 1.70. The Hall–Kier alpha value is -3.06. The van der Waals surface area contributed by atoms with Gasteiger partial charge in [0, 0.05) is 5.69 Å². The molecule has 1 aliphatic carbocycles. The predicted octanol–water partition coefficient (Wildman–Crippen LogP) is 4.58. The Kier molecular flexibility index (Phi) is 4.92. The molecule has 142 valence electrons. The van der Waals surface area contributed by atoms with Crippen LogP contribution in [0, 0.1) is 12.7 Å². The van der Waals surface area contributed by atoms with E-state index in [2.05, 4.69) is 21.7 Å². The molecule has 1 aromatic heterocycles. The quantitative estimate of drug-likeness (QED) is 0.679. The SMILES string of the molecule is Cc1nc(NC(=O)c2ccccc2F)sc1C(=O)Nc1ccc2c(c1)CCC2. The summed E-state index contributed by atoms with van der Waals surface area (Å²) in [5.74, 6) is -1.49. The molecular formula is C21H18FN3O2S. The molecule has 2 amide bonds. The fourth-order valence-corrected chi connectivity index (χ4v) is 4.16. The van der Waals surface area contributed by atoms with Gasteiger partial charge in [-0.3, -0.25) is 14.9 Å². The van der Waals surface area contributed by atoms with Crippen LogP contribution in [-0.2, 0) is 12.8 Å². The Bertz CT molecular complexity index is 1080. The minimum absolute atomic E-state index is 0.0699. The summed E-state index contributed by atoms with van der Waals surface area (Å²) < 4.78 is 13.8. The van der Waals surface area contributed by atoms with Crippen molar-refractivity contribution in [1.29, 1.82) is 0 Å². The molecule has 0 saturated carbocycles. The number of carbonyl (C=O) groups is 2. The number of fused-ring (bicyclic) bond motifs is 1. The Morgan fingerprint density at radius 3 is 2.64 bits per heavy atom. The number of halogens is 1. The number of rotatable bonds is 4. The van der Waals surface area contributed by atoms with Gasteiger partial charge in [0.15, 0.2) is 5.13 Å². The molecule has 28 heavy (non-hydrogen) atoms. The van der Waals surface area contributed by atoms with Crippen LogP contribution in [0.4, 0.5) is 15.2 Å². The average molecular weight is 395 g/mol. The Balaban J connectivity index is 1.48. The number of nitrogens with one attached hydrogen (secondary N) is 2. The van der Waals surface area contributed by atoms with Gasteiger partial charge in [0.2, 0.25) is 0 Å². The lowest BCUT2D eigenvalue weighted by Crippen LogP contribution is -2.13. The maximum Gasteiger partial charge on any atom is 0.267 e. The van der Waals surface area contributed by atoms with E-state index in [0.717, 1.165) is 36.3 Å². The van der Waals surface area contributed by atoms with E-state index in [-0.39, 0.29) is 16.6 Å². The third kappa shape index (κ3) is 3.66. The van der Waals surface area contributed by atoms with Crippen LogP contribution in [0.15, 0.2) is 42.5 Å². The van der Waals surface area contributed by atoms with E-state index in [4.69, 9.17) is 0 Å². The van der Waals surface area contributed by atoms with Crippen molar-refractivity contribution < 1.29 is 14.0 Å². The van der Waals surface area contributed by atoms with Gasteiger partial charge in [0.05, 0.1) is 11.3 Å². The topological polar surface area (TPSA) is 71.1 Å². The summed E-state index contributed by atoms with van der Waals surface area (Å²) >= 11 is 1.06. The highest BCUT2D eigenvalue weighted by Gasteiger charge is 2.19. The van der Waals surface area contributed by atoms with E-state index in [9.17, 15) is 14.0 Å². The molecule has 2 aromatic carbocycles. The maximum atomic E-state index is 13.8. The zero-order valence-electron chi connectivity index (χ0n) is 15.2. The first-order valence-corrected chi connectivity index (χ1v) is 9.79. The van der Waals surface area contributed by atoms with E-state index >= 15 is 0 Å². The number of carbonyl (C=O) groups excluding carboxylic acids is 2. The van der Waals surface area contributed by atoms with Crippen molar-refractivity contribution in [2.45, 2.75) is 26.2 Å². The smallest absolute Gasteiger partial charge is 0.267 e.